The van der Waals surface area contributed by atoms with Gasteiger partial charge in [0.1, 0.15) is 0 Å². The molecular weight excluding hydrogens is 250 g/mol. The van der Waals surface area contributed by atoms with Crippen molar-refractivity contribution in [1.82, 2.24) is 9.88 Å². The van der Waals surface area contributed by atoms with E-state index < -0.39 is 0 Å². The van der Waals surface area contributed by atoms with Gasteiger partial charge >= 0.3 is 0 Å². The van der Waals surface area contributed by atoms with Crippen LogP contribution in [0.25, 0.3) is 0 Å². The normalized spacial score (nSPS) is 24.4. The summed E-state index contributed by atoms with van der Waals surface area (Å²) in [5, 5.41) is 0. The molecule has 2 N–H and O–H groups in total. The van der Waals surface area contributed by atoms with Crippen molar-refractivity contribution in [2.45, 2.75) is 38.6 Å². The van der Waals surface area contributed by atoms with Gasteiger partial charge in [0.25, 0.3) is 0 Å². The van der Waals surface area contributed by atoms with Gasteiger partial charge in [-0.25, -0.2) is 4.98 Å². The van der Waals surface area contributed by atoms with Crippen molar-refractivity contribution in [2.75, 3.05) is 26.7 Å². The van der Waals surface area contributed by atoms with E-state index in [9.17, 15) is 0 Å². The van der Waals surface area contributed by atoms with Crippen LogP contribution in [0.5, 0.6) is 5.88 Å². The summed E-state index contributed by atoms with van der Waals surface area (Å²) in [7, 11) is 1.67. The molecule has 2 rings (SSSR count). The molecule has 112 valence electrons. The lowest BCUT2D eigenvalue weighted by molar-refractivity contribution is 0.154. The quantitative estimate of drug-likeness (QED) is 0.899. The molecule has 1 saturated heterocycles. The minimum atomic E-state index is 0.331. The van der Waals surface area contributed by atoms with E-state index in [0.29, 0.717) is 17.8 Å². The topological polar surface area (TPSA) is 51.4 Å². The van der Waals surface area contributed by atoms with Crippen LogP contribution in [0.15, 0.2) is 18.2 Å². The number of rotatable bonds is 5. The fourth-order valence-electron chi connectivity index (χ4n) is 3.24. The first-order chi connectivity index (χ1) is 9.80. The highest BCUT2D eigenvalue weighted by atomic mass is 16.5. The zero-order valence-corrected chi connectivity index (χ0v) is 12.7. The number of hydrogen-bond donors (Lipinski definition) is 1. The third-order valence-electron chi connectivity index (χ3n) is 4.18. The number of hydrogen-bond acceptors (Lipinski definition) is 4. The van der Waals surface area contributed by atoms with Crippen LogP contribution in [0, 0.1) is 5.92 Å². The molecule has 0 spiro atoms. The van der Waals surface area contributed by atoms with Crippen molar-refractivity contribution in [3.63, 3.8) is 0 Å². The van der Waals surface area contributed by atoms with Crippen molar-refractivity contribution in [2.24, 2.45) is 11.7 Å². The maximum atomic E-state index is 6.04. The van der Waals surface area contributed by atoms with Crippen molar-refractivity contribution in [3.8, 4) is 5.88 Å². The second-order valence-electron chi connectivity index (χ2n) is 5.58. The predicted octanol–water partition coefficient (Wildman–Crippen LogP) is 2.60. The van der Waals surface area contributed by atoms with Crippen LogP contribution in [-0.2, 0) is 0 Å². The van der Waals surface area contributed by atoms with Gasteiger partial charge in [-0.3, -0.25) is 4.90 Å². The largest absolute Gasteiger partial charge is 0.481 e. The van der Waals surface area contributed by atoms with Crippen molar-refractivity contribution in [3.05, 3.63) is 23.9 Å². The maximum absolute atomic E-state index is 6.04. The first kappa shape index (κ1) is 15.3. The number of aromatic nitrogens is 1. The highest BCUT2D eigenvalue weighted by molar-refractivity contribution is 5.19. The van der Waals surface area contributed by atoms with Gasteiger partial charge in [-0.15, -0.1) is 0 Å². The zero-order chi connectivity index (χ0) is 14.4. The summed E-state index contributed by atoms with van der Waals surface area (Å²) in [6.07, 6.45) is 4.89. The van der Waals surface area contributed by atoms with Gasteiger partial charge in [-0.2, -0.15) is 0 Å². The van der Waals surface area contributed by atoms with Crippen molar-refractivity contribution >= 4 is 0 Å². The third kappa shape index (κ3) is 3.49. The lowest BCUT2D eigenvalue weighted by Gasteiger charge is -2.34. The van der Waals surface area contributed by atoms with E-state index in [2.05, 4.69) is 22.9 Å². The lowest BCUT2D eigenvalue weighted by atomic mass is 9.92. The van der Waals surface area contributed by atoms with Gasteiger partial charge in [0.15, 0.2) is 0 Å². The Morgan fingerprint density at radius 3 is 2.95 bits per heavy atom. The molecule has 2 heterocycles. The molecule has 2 unspecified atom stereocenters. The van der Waals surface area contributed by atoms with Crippen LogP contribution in [0.4, 0.5) is 0 Å². The van der Waals surface area contributed by atoms with Gasteiger partial charge in [0.2, 0.25) is 5.88 Å². The SMILES string of the molecule is CCCN1CCCCC(CN)C1c1cccc(OC)n1. The number of methoxy groups -OCH3 is 1. The summed E-state index contributed by atoms with van der Waals surface area (Å²) in [5.74, 6) is 1.18. The first-order valence-corrected chi connectivity index (χ1v) is 7.75. The molecule has 20 heavy (non-hydrogen) atoms. The van der Waals surface area contributed by atoms with E-state index >= 15 is 0 Å². The maximum Gasteiger partial charge on any atom is 0.213 e. The smallest absolute Gasteiger partial charge is 0.213 e. The molecule has 0 bridgehead atoms. The molecule has 1 fully saturated rings. The number of nitrogens with zero attached hydrogens (tertiary/aromatic N) is 2. The summed E-state index contributed by atoms with van der Waals surface area (Å²) in [5.41, 5.74) is 7.15. The monoisotopic (exact) mass is 277 g/mol. The average molecular weight is 277 g/mol. The average Bonchev–Trinajstić information content (AvgIpc) is 2.69. The number of nitrogens with two attached hydrogens (primary N) is 1. The minimum Gasteiger partial charge on any atom is -0.481 e. The standard InChI is InChI=1S/C16H27N3O/c1-3-10-19-11-5-4-7-13(12-17)16(19)14-8-6-9-15(18-14)20-2/h6,8-9,13,16H,3-5,7,10-12,17H2,1-2H3. The number of pyridine rings is 1. The molecule has 0 aromatic carbocycles. The molecule has 4 heteroatoms. The van der Waals surface area contributed by atoms with Gasteiger partial charge in [0, 0.05) is 6.07 Å². The Balaban J connectivity index is 2.32. The van der Waals surface area contributed by atoms with E-state index in [1.165, 1.54) is 19.3 Å². The molecular formula is C16H27N3O. The molecule has 0 amide bonds. The van der Waals surface area contributed by atoms with E-state index in [1.54, 1.807) is 7.11 Å². The van der Waals surface area contributed by atoms with Crippen LogP contribution in [0.3, 0.4) is 0 Å². The summed E-state index contributed by atoms with van der Waals surface area (Å²) < 4.78 is 5.28. The van der Waals surface area contributed by atoms with Gasteiger partial charge in [-0.1, -0.05) is 19.4 Å². The molecule has 1 aromatic rings. The third-order valence-corrected chi connectivity index (χ3v) is 4.18. The molecule has 0 radical (unpaired) electrons. The predicted molar refractivity (Wildman–Crippen MR) is 81.8 cm³/mol. The molecule has 0 aliphatic carbocycles. The summed E-state index contributed by atoms with van der Waals surface area (Å²) in [6, 6.07) is 6.38. The van der Waals surface area contributed by atoms with Crippen LogP contribution in [0.1, 0.15) is 44.3 Å². The molecule has 0 saturated carbocycles. The Labute approximate surface area is 122 Å². The Morgan fingerprint density at radius 1 is 1.40 bits per heavy atom. The van der Waals surface area contributed by atoms with Crippen LogP contribution < -0.4 is 10.5 Å². The summed E-state index contributed by atoms with van der Waals surface area (Å²) >= 11 is 0. The van der Waals surface area contributed by atoms with Gasteiger partial charge < -0.3 is 10.5 Å². The second kappa shape index (κ2) is 7.60. The van der Waals surface area contributed by atoms with E-state index in [4.69, 9.17) is 10.5 Å². The molecule has 4 nitrogen and oxygen atoms in total. The van der Waals surface area contributed by atoms with E-state index in [-0.39, 0.29) is 0 Å². The lowest BCUT2D eigenvalue weighted by Crippen LogP contribution is -2.36. The highest BCUT2D eigenvalue weighted by Gasteiger charge is 2.30. The Morgan fingerprint density at radius 2 is 2.25 bits per heavy atom. The van der Waals surface area contributed by atoms with Crippen molar-refractivity contribution in [1.29, 1.82) is 0 Å². The molecule has 1 aliphatic heterocycles. The van der Waals surface area contributed by atoms with Crippen LogP contribution in [-0.4, -0.2) is 36.6 Å². The summed E-state index contributed by atoms with van der Waals surface area (Å²) in [6.45, 7) is 5.22. The molecule has 1 aliphatic rings. The van der Waals surface area contributed by atoms with Gasteiger partial charge in [-0.05, 0) is 50.9 Å². The zero-order valence-electron chi connectivity index (χ0n) is 12.7. The van der Waals surface area contributed by atoms with Gasteiger partial charge in [0.05, 0.1) is 18.8 Å². The van der Waals surface area contributed by atoms with Crippen LogP contribution >= 0.6 is 0 Å². The molecule has 1 aromatic heterocycles. The summed E-state index contributed by atoms with van der Waals surface area (Å²) in [4.78, 5) is 7.23. The first-order valence-electron chi connectivity index (χ1n) is 7.75. The van der Waals surface area contributed by atoms with E-state index in [0.717, 1.165) is 31.7 Å². The van der Waals surface area contributed by atoms with Crippen LogP contribution in [0.2, 0.25) is 0 Å². The Bertz CT molecular complexity index is 410. The Kier molecular flexibility index (Phi) is 5.80. The highest BCUT2D eigenvalue weighted by Crippen LogP contribution is 2.34. The fraction of sp³-hybridized carbons (Fsp3) is 0.688. The molecule has 2 atom stereocenters. The number of ether oxygens (including phenoxy) is 1. The fourth-order valence-corrected chi connectivity index (χ4v) is 3.24. The Hall–Kier alpha value is -1.13. The van der Waals surface area contributed by atoms with Crippen molar-refractivity contribution < 1.29 is 4.74 Å². The number of likely N-dealkylation sites (tertiary alicyclic amines) is 1. The van der Waals surface area contributed by atoms with E-state index in [1.807, 2.05) is 12.1 Å². The second-order valence-corrected chi connectivity index (χ2v) is 5.58. The minimum absolute atomic E-state index is 0.331.